The molecule has 2 rings (SSSR count). The zero-order valence-electron chi connectivity index (χ0n) is 12.5. The van der Waals surface area contributed by atoms with E-state index in [0.29, 0.717) is 0 Å². The Bertz CT molecular complexity index is 241. The molecule has 0 aromatic heterocycles. The summed E-state index contributed by atoms with van der Waals surface area (Å²) in [7, 11) is 1.77. The molecule has 4 atom stereocenters. The van der Waals surface area contributed by atoms with Crippen molar-refractivity contribution in [1.29, 1.82) is 0 Å². The van der Waals surface area contributed by atoms with Gasteiger partial charge in [-0.05, 0) is 61.8 Å². The molecule has 106 valence electrons. The monoisotopic (exact) mass is 253 g/mol. The van der Waals surface area contributed by atoms with Crippen molar-refractivity contribution in [3.05, 3.63) is 0 Å². The lowest BCUT2D eigenvalue weighted by atomic mass is 9.79. The van der Waals surface area contributed by atoms with Crippen LogP contribution in [-0.4, -0.2) is 26.8 Å². The second kappa shape index (κ2) is 6.91. The summed E-state index contributed by atoms with van der Waals surface area (Å²) >= 11 is 0. The van der Waals surface area contributed by atoms with Crippen molar-refractivity contribution in [2.45, 2.75) is 46.0 Å². The lowest BCUT2D eigenvalue weighted by molar-refractivity contribution is 0.189. The van der Waals surface area contributed by atoms with Crippen LogP contribution in [0, 0.1) is 29.6 Å². The number of fused-ring (bicyclic) bond motifs is 2. The second-order valence-corrected chi connectivity index (χ2v) is 6.87. The minimum atomic E-state index is 0.805. The molecule has 2 heteroatoms. The van der Waals surface area contributed by atoms with Crippen LogP contribution in [0.25, 0.3) is 0 Å². The molecule has 2 fully saturated rings. The number of methoxy groups -OCH3 is 1. The largest absolute Gasteiger partial charge is 0.383 e. The SMILES string of the molecule is COCCNCC(CC1CC2CCC1C2)C(C)C. The number of hydrogen-bond acceptors (Lipinski definition) is 2. The van der Waals surface area contributed by atoms with Crippen molar-refractivity contribution in [1.82, 2.24) is 5.32 Å². The number of rotatable bonds is 8. The highest BCUT2D eigenvalue weighted by molar-refractivity contribution is 4.91. The predicted molar refractivity (Wildman–Crippen MR) is 76.6 cm³/mol. The van der Waals surface area contributed by atoms with Crippen LogP contribution < -0.4 is 5.32 Å². The Kier molecular flexibility index (Phi) is 5.50. The fourth-order valence-electron chi connectivity index (χ4n) is 4.11. The zero-order valence-corrected chi connectivity index (χ0v) is 12.5. The molecular weight excluding hydrogens is 222 g/mol. The van der Waals surface area contributed by atoms with Gasteiger partial charge in [-0.2, -0.15) is 0 Å². The normalized spacial score (nSPS) is 32.3. The van der Waals surface area contributed by atoms with E-state index in [1.807, 2.05) is 0 Å². The van der Waals surface area contributed by atoms with Crippen LogP contribution >= 0.6 is 0 Å². The van der Waals surface area contributed by atoms with Gasteiger partial charge in [0.05, 0.1) is 6.61 Å². The fraction of sp³-hybridized carbons (Fsp3) is 1.00. The maximum absolute atomic E-state index is 5.10. The summed E-state index contributed by atoms with van der Waals surface area (Å²) in [5, 5.41) is 3.56. The lowest BCUT2D eigenvalue weighted by Gasteiger charge is -2.29. The van der Waals surface area contributed by atoms with Crippen molar-refractivity contribution in [3.63, 3.8) is 0 Å². The van der Waals surface area contributed by atoms with Gasteiger partial charge in [0, 0.05) is 13.7 Å². The average molecular weight is 253 g/mol. The summed E-state index contributed by atoms with van der Waals surface area (Å²) in [4.78, 5) is 0. The third-order valence-corrected chi connectivity index (χ3v) is 5.32. The van der Waals surface area contributed by atoms with Crippen LogP contribution in [-0.2, 0) is 4.74 Å². The summed E-state index contributed by atoms with van der Waals surface area (Å²) in [5.41, 5.74) is 0. The van der Waals surface area contributed by atoms with Crippen LogP contribution in [0.5, 0.6) is 0 Å². The molecule has 0 saturated heterocycles. The summed E-state index contributed by atoms with van der Waals surface area (Å²) < 4.78 is 5.10. The molecule has 2 nitrogen and oxygen atoms in total. The third kappa shape index (κ3) is 3.71. The summed E-state index contributed by atoms with van der Waals surface area (Å²) in [6.07, 6.45) is 7.59. The Morgan fingerprint density at radius 1 is 1.22 bits per heavy atom. The van der Waals surface area contributed by atoms with Crippen molar-refractivity contribution < 1.29 is 4.74 Å². The first-order valence-electron chi connectivity index (χ1n) is 7.90. The Labute approximate surface area is 113 Å². The topological polar surface area (TPSA) is 21.3 Å². The number of ether oxygens (including phenoxy) is 1. The van der Waals surface area contributed by atoms with Crippen LogP contribution in [0.3, 0.4) is 0 Å². The van der Waals surface area contributed by atoms with Gasteiger partial charge in [0.2, 0.25) is 0 Å². The molecule has 0 spiro atoms. The molecule has 2 bridgehead atoms. The van der Waals surface area contributed by atoms with Gasteiger partial charge in [-0.15, -0.1) is 0 Å². The Morgan fingerprint density at radius 2 is 2.06 bits per heavy atom. The second-order valence-electron chi connectivity index (χ2n) is 6.87. The van der Waals surface area contributed by atoms with Crippen LogP contribution in [0.2, 0.25) is 0 Å². The van der Waals surface area contributed by atoms with Gasteiger partial charge >= 0.3 is 0 Å². The van der Waals surface area contributed by atoms with Gasteiger partial charge < -0.3 is 10.1 Å². The van der Waals surface area contributed by atoms with E-state index in [9.17, 15) is 0 Å². The van der Waals surface area contributed by atoms with E-state index in [1.54, 1.807) is 13.5 Å². The predicted octanol–water partition coefficient (Wildman–Crippen LogP) is 3.32. The summed E-state index contributed by atoms with van der Waals surface area (Å²) in [5.74, 6) is 4.87. The van der Waals surface area contributed by atoms with Crippen LogP contribution in [0.15, 0.2) is 0 Å². The molecular formula is C16H31NO. The van der Waals surface area contributed by atoms with Crippen molar-refractivity contribution in [3.8, 4) is 0 Å². The maximum Gasteiger partial charge on any atom is 0.0587 e. The Morgan fingerprint density at radius 3 is 2.61 bits per heavy atom. The fourth-order valence-corrected chi connectivity index (χ4v) is 4.11. The van der Waals surface area contributed by atoms with Crippen LogP contribution in [0.4, 0.5) is 0 Å². The molecule has 0 aliphatic heterocycles. The van der Waals surface area contributed by atoms with E-state index in [2.05, 4.69) is 19.2 Å². The first-order chi connectivity index (χ1) is 8.70. The van der Waals surface area contributed by atoms with Gasteiger partial charge in [-0.25, -0.2) is 0 Å². The summed E-state index contributed by atoms with van der Waals surface area (Å²) in [6, 6.07) is 0. The van der Waals surface area contributed by atoms with Crippen LogP contribution in [0.1, 0.15) is 46.0 Å². The number of nitrogens with one attached hydrogen (secondary N) is 1. The molecule has 0 radical (unpaired) electrons. The highest BCUT2D eigenvalue weighted by Gasteiger charge is 2.40. The Balaban J connectivity index is 1.72. The Hall–Kier alpha value is -0.0800. The molecule has 2 aliphatic carbocycles. The van der Waals surface area contributed by atoms with Gasteiger partial charge in [0.1, 0.15) is 0 Å². The minimum absolute atomic E-state index is 0.805. The molecule has 18 heavy (non-hydrogen) atoms. The molecule has 0 aromatic carbocycles. The van der Waals surface area contributed by atoms with E-state index in [-0.39, 0.29) is 0 Å². The zero-order chi connectivity index (χ0) is 13.0. The molecule has 0 heterocycles. The van der Waals surface area contributed by atoms with E-state index in [0.717, 1.165) is 42.7 Å². The first kappa shape index (κ1) is 14.3. The van der Waals surface area contributed by atoms with Crippen molar-refractivity contribution >= 4 is 0 Å². The minimum Gasteiger partial charge on any atom is -0.383 e. The lowest BCUT2D eigenvalue weighted by Crippen LogP contribution is -2.31. The maximum atomic E-state index is 5.10. The highest BCUT2D eigenvalue weighted by Crippen LogP contribution is 2.50. The standard InChI is InChI=1S/C16H31NO/c1-12(2)16(11-17-6-7-18-3)10-15-9-13-4-5-14(15)8-13/h12-17H,4-11H2,1-3H3. The van der Waals surface area contributed by atoms with E-state index >= 15 is 0 Å². The molecule has 1 N–H and O–H groups in total. The molecule has 2 aliphatic rings. The third-order valence-electron chi connectivity index (χ3n) is 5.32. The summed E-state index contributed by atoms with van der Waals surface area (Å²) in [6.45, 7) is 7.77. The molecule has 2 saturated carbocycles. The molecule has 0 aromatic rings. The average Bonchev–Trinajstić information content (AvgIpc) is 2.94. The number of hydrogen-bond donors (Lipinski definition) is 1. The molecule has 4 unspecified atom stereocenters. The van der Waals surface area contributed by atoms with Crippen molar-refractivity contribution in [2.24, 2.45) is 29.6 Å². The van der Waals surface area contributed by atoms with E-state index < -0.39 is 0 Å². The van der Waals surface area contributed by atoms with E-state index in [4.69, 9.17) is 4.74 Å². The quantitative estimate of drug-likeness (QED) is 0.670. The highest BCUT2D eigenvalue weighted by atomic mass is 16.5. The molecule has 0 amide bonds. The van der Waals surface area contributed by atoms with Gasteiger partial charge in [-0.1, -0.05) is 20.3 Å². The van der Waals surface area contributed by atoms with Gasteiger partial charge in [-0.3, -0.25) is 0 Å². The smallest absolute Gasteiger partial charge is 0.0587 e. The van der Waals surface area contributed by atoms with E-state index in [1.165, 1.54) is 32.2 Å². The van der Waals surface area contributed by atoms with Gasteiger partial charge in [0.15, 0.2) is 0 Å². The first-order valence-corrected chi connectivity index (χ1v) is 7.90. The van der Waals surface area contributed by atoms with Crippen molar-refractivity contribution in [2.75, 3.05) is 26.8 Å². The van der Waals surface area contributed by atoms with Gasteiger partial charge in [0.25, 0.3) is 0 Å².